The van der Waals surface area contributed by atoms with Crippen LogP contribution in [0.1, 0.15) is 26.3 Å². The maximum absolute atomic E-state index is 12.3. The van der Waals surface area contributed by atoms with Crippen LogP contribution in [0.4, 0.5) is 0 Å². The van der Waals surface area contributed by atoms with Gasteiger partial charge in [-0.25, -0.2) is 13.1 Å². The lowest BCUT2D eigenvalue weighted by molar-refractivity contribution is 0.400. The molecule has 0 aliphatic rings. The van der Waals surface area contributed by atoms with Crippen molar-refractivity contribution in [2.24, 2.45) is 11.7 Å². The largest absolute Gasteiger partial charge is 0.495 e. The van der Waals surface area contributed by atoms with E-state index in [4.69, 9.17) is 10.5 Å². The van der Waals surface area contributed by atoms with E-state index in [9.17, 15) is 8.42 Å². The van der Waals surface area contributed by atoms with Gasteiger partial charge in [-0.15, -0.1) is 0 Å². The van der Waals surface area contributed by atoms with E-state index < -0.39 is 10.0 Å². The van der Waals surface area contributed by atoms with Gasteiger partial charge >= 0.3 is 0 Å². The molecule has 0 saturated carbocycles. The molecule has 0 saturated heterocycles. The fourth-order valence-electron chi connectivity index (χ4n) is 1.51. The van der Waals surface area contributed by atoms with Crippen molar-refractivity contribution in [3.63, 3.8) is 0 Å². The van der Waals surface area contributed by atoms with E-state index >= 15 is 0 Å². The Kier molecular flexibility index (Phi) is 5.34. The van der Waals surface area contributed by atoms with Crippen molar-refractivity contribution in [2.75, 3.05) is 7.11 Å². The smallest absolute Gasteiger partial charge is 0.244 e. The minimum Gasteiger partial charge on any atom is -0.495 e. The van der Waals surface area contributed by atoms with E-state index in [1.807, 2.05) is 20.8 Å². The number of hydrogen-bond donors (Lipinski definition) is 2. The van der Waals surface area contributed by atoms with Gasteiger partial charge in [0, 0.05) is 12.6 Å². The number of rotatable bonds is 6. The Morgan fingerprint density at radius 3 is 2.42 bits per heavy atom. The molecule has 19 heavy (non-hydrogen) atoms. The van der Waals surface area contributed by atoms with Crippen molar-refractivity contribution in [1.82, 2.24) is 4.72 Å². The Morgan fingerprint density at radius 1 is 1.32 bits per heavy atom. The second-order valence-electron chi connectivity index (χ2n) is 4.84. The molecule has 0 bridgehead atoms. The summed E-state index contributed by atoms with van der Waals surface area (Å²) in [5, 5.41) is 0. The molecule has 0 fully saturated rings. The summed E-state index contributed by atoms with van der Waals surface area (Å²) in [6, 6.07) is 4.71. The van der Waals surface area contributed by atoms with Crippen LogP contribution in [0.25, 0.3) is 0 Å². The monoisotopic (exact) mass is 286 g/mol. The van der Waals surface area contributed by atoms with E-state index in [0.717, 1.165) is 5.56 Å². The van der Waals surface area contributed by atoms with Gasteiger partial charge in [0.25, 0.3) is 0 Å². The molecule has 3 N–H and O–H groups in total. The minimum absolute atomic E-state index is 0.139. The maximum atomic E-state index is 12.3. The number of sulfonamides is 1. The first-order valence-corrected chi connectivity index (χ1v) is 7.69. The lowest BCUT2D eigenvalue weighted by atomic mass is 10.1. The highest BCUT2D eigenvalue weighted by Crippen LogP contribution is 2.25. The van der Waals surface area contributed by atoms with Gasteiger partial charge in [-0.05, 0) is 30.5 Å². The van der Waals surface area contributed by atoms with Crippen LogP contribution >= 0.6 is 0 Å². The summed E-state index contributed by atoms with van der Waals surface area (Å²) >= 11 is 0. The molecule has 0 spiro atoms. The van der Waals surface area contributed by atoms with Crippen molar-refractivity contribution >= 4 is 10.0 Å². The highest BCUT2D eigenvalue weighted by Gasteiger charge is 2.23. The first-order valence-electron chi connectivity index (χ1n) is 6.21. The topological polar surface area (TPSA) is 81.4 Å². The molecule has 108 valence electrons. The quantitative estimate of drug-likeness (QED) is 0.830. The van der Waals surface area contributed by atoms with Gasteiger partial charge in [0.1, 0.15) is 10.6 Å². The van der Waals surface area contributed by atoms with E-state index in [1.165, 1.54) is 13.2 Å². The third kappa shape index (κ3) is 3.92. The van der Waals surface area contributed by atoms with E-state index in [1.54, 1.807) is 12.1 Å². The predicted molar refractivity (Wildman–Crippen MR) is 75.5 cm³/mol. The second-order valence-corrected chi connectivity index (χ2v) is 6.53. The van der Waals surface area contributed by atoms with Gasteiger partial charge in [-0.2, -0.15) is 0 Å². The highest BCUT2D eigenvalue weighted by atomic mass is 32.2. The van der Waals surface area contributed by atoms with Crippen LogP contribution in [0, 0.1) is 5.92 Å². The van der Waals surface area contributed by atoms with Crippen LogP contribution in [0.5, 0.6) is 5.75 Å². The molecular weight excluding hydrogens is 264 g/mol. The average molecular weight is 286 g/mol. The van der Waals surface area contributed by atoms with E-state index in [0.29, 0.717) is 12.3 Å². The van der Waals surface area contributed by atoms with E-state index in [-0.39, 0.29) is 16.9 Å². The van der Waals surface area contributed by atoms with Crippen molar-refractivity contribution < 1.29 is 13.2 Å². The third-order valence-electron chi connectivity index (χ3n) is 3.09. The third-order valence-corrected chi connectivity index (χ3v) is 4.69. The molecule has 6 heteroatoms. The molecule has 0 radical (unpaired) electrons. The molecule has 0 heterocycles. The summed E-state index contributed by atoms with van der Waals surface area (Å²) in [6.45, 7) is 6.10. The van der Waals surface area contributed by atoms with Gasteiger partial charge in [-0.1, -0.05) is 19.9 Å². The summed E-state index contributed by atoms with van der Waals surface area (Å²) in [6.07, 6.45) is 0. The standard InChI is InChI=1S/C13H22N2O3S/c1-9(2)10(3)15-19(16,17)13-6-5-11(8-14)7-12(13)18-4/h5-7,9-10,15H,8,14H2,1-4H3. The SMILES string of the molecule is COc1cc(CN)ccc1S(=O)(=O)NC(C)C(C)C. The van der Waals surface area contributed by atoms with Crippen LogP contribution in [0.2, 0.25) is 0 Å². The fraction of sp³-hybridized carbons (Fsp3) is 0.538. The first kappa shape index (κ1) is 15.9. The molecule has 5 nitrogen and oxygen atoms in total. The van der Waals surface area contributed by atoms with Crippen LogP contribution in [-0.2, 0) is 16.6 Å². The molecule has 0 aliphatic carbocycles. The molecule has 1 atom stereocenters. The summed E-state index contributed by atoms with van der Waals surface area (Å²) in [4.78, 5) is 0.139. The molecule has 1 rings (SSSR count). The van der Waals surface area contributed by atoms with Gasteiger partial charge < -0.3 is 10.5 Å². The normalized spacial score (nSPS) is 13.6. The van der Waals surface area contributed by atoms with Crippen molar-refractivity contribution in [3.05, 3.63) is 23.8 Å². The Bertz CT molecular complexity index is 527. The van der Waals surface area contributed by atoms with Crippen LogP contribution in [0.15, 0.2) is 23.1 Å². The number of methoxy groups -OCH3 is 1. The molecule has 1 aromatic carbocycles. The van der Waals surface area contributed by atoms with Gasteiger partial charge in [0.15, 0.2) is 0 Å². The van der Waals surface area contributed by atoms with Crippen molar-refractivity contribution in [3.8, 4) is 5.75 Å². The Morgan fingerprint density at radius 2 is 1.95 bits per heavy atom. The molecule has 0 aliphatic heterocycles. The van der Waals surface area contributed by atoms with Crippen molar-refractivity contribution in [1.29, 1.82) is 0 Å². The Balaban J connectivity index is 3.14. The van der Waals surface area contributed by atoms with Gasteiger partial charge in [-0.3, -0.25) is 0 Å². The number of hydrogen-bond acceptors (Lipinski definition) is 4. The van der Waals surface area contributed by atoms with E-state index in [2.05, 4.69) is 4.72 Å². The molecular formula is C13H22N2O3S. The van der Waals surface area contributed by atoms with Gasteiger partial charge in [0.05, 0.1) is 7.11 Å². The number of benzene rings is 1. The fourth-order valence-corrected chi connectivity index (χ4v) is 3.05. The molecule has 1 aromatic rings. The van der Waals surface area contributed by atoms with Crippen molar-refractivity contribution in [2.45, 2.75) is 38.3 Å². The Hall–Kier alpha value is -1.11. The number of nitrogens with one attached hydrogen (secondary N) is 1. The zero-order valence-corrected chi connectivity index (χ0v) is 12.6. The zero-order valence-electron chi connectivity index (χ0n) is 11.8. The van der Waals surface area contributed by atoms with Gasteiger partial charge in [0.2, 0.25) is 10.0 Å². The summed E-state index contributed by atoms with van der Waals surface area (Å²) in [5.41, 5.74) is 6.36. The average Bonchev–Trinajstić information content (AvgIpc) is 2.37. The zero-order chi connectivity index (χ0) is 14.6. The van der Waals surface area contributed by atoms with Crippen LogP contribution in [-0.4, -0.2) is 21.6 Å². The lowest BCUT2D eigenvalue weighted by Gasteiger charge is -2.19. The van der Waals surface area contributed by atoms with Crippen LogP contribution < -0.4 is 15.2 Å². The minimum atomic E-state index is -3.59. The van der Waals surface area contributed by atoms with Crippen LogP contribution in [0.3, 0.4) is 0 Å². The maximum Gasteiger partial charge on any atom is 0.244 e. The highest BCUT2D eigenvalue weighted by molar-refractivity contribution is 7.89. The Labute approximate surface area is 115 Å². The summed E-state index contributed by atoms with van der Waals surface area (Å²) < 4.78 is 32.4. The lowest BCUT2D eigenvalue weighted by Crippen LogP contribution is -2.36. The molecule has 1 unspecified atom stereocenters. The molecule has 0 amide bonds. The summed E-state index contributed by atoms with van der Waals surface area (Å²) in [5.74, 6) is 0.524. The number of nitrogens with two attached hydrogens (primary N) is 1. The second kappa shape index (κ2) is 6.36. The number of ether oxygens (including phenoxy) is 1. The molecule has 0 aromatic heterocycles. The predicted octanol–water partition coefficient (Wildman–Crippen LogP) is 1.48. The first-order chi connectivity index (χ1) is 8.81. The summed E-state index contributed by atoms with van der Waals surface area (Å²) in [7, 11) is -2.14.